The van der Waals surface area contributed by atoms with Crippen molar-refractivity contribution in [3.8, 4) is 0 Å². The molecule has 4 heteroatoms. The highest BCUT2D eigenvalue weighted by atomic mass is 79.9. The van der Waals surface area contributed by atoms with Crippen molar-refractivity contribution in [3.05, 3.63) is 58.0 Å². The van der Waals surface area contributed by atoms with Crippen LogP contribution in [0.5, 0.6) is 0 Å². The number of halogens is 1. The van der Waals surface area contributed by atoms with Gasteiger partial charge in [0.25, 0.3) is 5.91 Å². The molecule has 1 amide bonds. The number of aryl methyl sites for hydroxylation is 1. The predicted octanol–water partition coefficient (Wildman–Crippen LogP) is 3.62. The van der Waals surface area contributed by atoms with Gasteiger partial charge in [0.15, 0.2) is 0 Å². The van der Waals surface area contributed by atoms with Crippen LogP contribution in [0.4, 0.5) is 0 Å². The zero-order valence-corrected chi connectivity index (χ0v) is 11.9. The van der Waals surface area contributed by atoms with Gasteiger partial charge >= 0.3 is 0 Å². The van der Waals surface area contributed by atoms with Crippen LogP contribution in [-0.4, -0.2) is 17.9 Å². The maximum Gasteiger partial charge on any atom is 0.255 e. The summed E-state index contributed by atoms with van der Waals surface area (Å²) in [5, 5.41) is 0. The van der Waals surface area contributed by atoms with Crippen molar-refractivity contribution in [1.82, 2.24) is 4.90 Å². The Morgan fingerprint density at radius 3 is 2.67 bits per heavy atom. The number of nitrogens with zero attached hydrogens (tertiary/aromatic N) is 1. The van der Waals surface area contributed by atoms with Crippen LogP contribution in [0.3, 0.4) is 0 Å². The molecule has 0 N–H and O–H groups in total. The highest BCUT2D eigenvalue weighted by molar-refractivity contribution is 9.10. The summed E-state index contributed by atoms with van der Waals surface area (Å²) in [5.74, 6) is 0.838. The van der Waals surface area contributed by atoms with Gasteiger partial charge in [-0.25, -0.2) is 0 Å². The Hall–Kier alpha value is -1.55. The van der Waals surface area contributed by atoms with E-state index in [9.17, 15) is 4.79 Å². The van der Waals surface area contributed by atoms with Crippen LogP contribution < -0.4 is 0 Å². The van der Waals surface area contributed by atoms with E-state index >= 15 is 0 Å². The van der Waals surface area contributed by atoms with Gasteiger partial charge in [-0.2, -0.15) is 0 Å². The van der Waals surface area contributed by atoms with Gasteiger partial charge in [-0.05, 0) is 41.1 Å². The van der Waals surface area contributed by atoms with Crippen molar-refractivity contribution < 1.29 is 9.21 Å². The van der Waals surface area contributed by atoms with Crippen LogP contribution in [0.2, 0.25) is 0 Å². The number of furan rings is 1. The summed E-state index contributed by atoms with van der Waals surface area (Å²) in [7, 11) is 1.79. The molecule has 18 heavy (non-hydrogen) atoms. The molecule has 2 rings (SSSR count). The second-order valence-electron chi connectivity index (χ2n) is 4.14. The molecule has 1 aromatic carbocycles. The van der Waals surface area contributed by atoms with Gasteiger partial charge in [-0.15, -0.1) is 0 Å². The lowest BCUT2D eigenvalue weighted by molar-refractivity contribution is 0.0784. The molecule has 0 radical (unpaired) electrons. The molecule has 1 heterocycles. The Morgan fingerprint density at radius 1 is 1.33 bits per heavy atom. The highest BCUT2D eigenvalue weighted by Gasteiger charge is 2.15. The summed E-state index contributed by atoms with van der Waals surface area (Å²) in [6, 6.07) is 9.31. The van der Waals surface area contributed by atoms with E-state index in [-0.39, 0.29) is 5.91 Å². The molecule has 0 aliphatic heterocycles. The summed E-state index contributed by atoms with van der Waals surface area (Å²) >= 11 is 3.39. The third-order valence-corrected chi connectivity index (χ3v) is 3.52. The van der Waals surface area contributed by atoms with E-state index in [2.05, 4.69) is 15.9 Å². The Labute approximate surface area is 115 Å². The largest absolute Gasteiger partial charge is 0.469 e. The summed E-state index contributed by atoms with van der Waals surface area (Å²) in [4.78, 5) is 13.9. The molecule has 0 spiro atoms. The Kier molecular flexibility index (Phi) is 3.87. The smallest absolute Gasteiger partial charge is 0.255 e. The number of benzene rings is 1. The van der Waals surface area contributed by atoms with E-state index in [1.807, 2.05) is 37.3 Å². The topological polar surface area (TPSA) is 33.5 Å². The summed E-state index contributed by atoms with van der Waals surface area (Å²) in [5.41, 5.74) is 1.69. The zero-order valence-electron chi connectivity index (χ0n) is 10.3. The first-order valence-corrected chi connectivity index (χ1v) is 6.42. The fourth-order valence-electron chi connectivity index (χ4n) is 1.74. The van der Waals surface area contributed by atoms with Gasteiger partial charge in [-0.1, -0.05) is 12.1 Å². The first-order valence-electron chi connectivity index (χ1n) is 5.62. The van der Waals surface area contributed by atoms with Gasteiger partial charge in [0, 0.05) is 23.6 Å². The van der Waals surface area contributed by atoms with Gasteiger partial charge in [0.1, 0.15) is 5.76 Å². The summed E-state index contributed by atoms with van der Waals surface area (Å²) < 4.78 is 6.04. The average Bonchev–Trinajstić information content (AvgIpc) is 2.75. The molecular formula is C14H14BrNO2. The molecule has 94 valence electrons. The fourth-order valence-corrected chi connectivity index (χ4v) is 2.20. The minimum Gasteiger partial charge on any atom is -0.469 e. The van der Waals surface area contributed by atoms with E-state index in [4.69, 9.17) is 4.42 Å². The zero-order chi connectivity index (χ0) is 13.1. The van der Waals surface area contributed by atoms with Crippen LogP contribution in [-0.2, 0) is 6.54 Å². The monoisotopic (exact) mass is 307 g/mol. The van der Waals surface area contributed by atoms with Crippen LogP contribution in [0.25, 0.3) is 0 Å². The third kappa shape index (κ3) is 2.64. The van der Waals surface area contributed by atoms with Crippen LogP contribution in [0, 0.1) is 6.92 Å². The van der Waals surface area contributed by atoms with E-state index in [0.29, 0.717) is 12.1 Å². The number of hydrogen-bond donors (Lipinski definition) is 0. The lowest BCUT2D eigenvalue weighted by Crippen LogP contribution is -2.26. The SMILES string of the molecule is Cc1occc1CN(C)C(=O)c1ccccc1Br. The maximum atomic E-state index is 12.3. The molecule has 0 aliphatic rings. The standard InChI is InChI=1S/C14H14BrNO2/c1-10-11(7-8-18-10)9-16(2)14(17)12-5-3-4-6-13(12)15/h3-8H,9H2,1-2H3. The first kappa shape index (κ1) is 12.9. The van der Waals surface area contributed by atoms with E-state index in [0.717, 1.165) is 15.8 Å². The molecule has 0 bridgehead atoms. The maximum absolute atomic E-state index is 12.3. The Balaban J connectivity index is 2.15. The van der Waals surface area contributed by atoms with Crippen molar-refractivity contribution in [3.63, 3.8) is 0 Å². The van der Waals surface area contributed by atoms with E-state index in [1.165, 1.54) is 0 Å². The minimum absolute atomic E-state index is 0.0110. The van der Waals surface area contributed by atoms with Crippen LogP contribution >= 0.6 is 15.9 Å². The minimum atomic E-state index is -0.0110. The summed E-state index contributed by atoms with van der Waals surface area (Å²) in [6.07, 6.45) is 1.64. The van der Waals surface area contributed by atoms with Crippen molar-refractivity contribution in [2.24, 2.45) is 0 Å². The van der Waals surface area contributed by atoms with Crippen molar-refractivity contribution in [1.29, 1.82) is 0 Å². The van der Waals surface area contributed by atoms with E-state index < -0.39 is 0 Å². The number of amides is 1. The number of carbonyl (C=O) groups excluding carboxylic acids is 1. The molecule has 0 saturated heterocycles. The number of hydrogen-bond acceptors (Lipinski definition) is 2. The van der Waals surface area contributed by atoms with E-state index in [1.54, 1.807) is 18.2 Å². The second-order valence-corrected chi connectivity index (χ2v) is 5.00. The molecule has 0 saturated carbocycles. The molecular weight excluding hydrogens is 294 g/mol. The van der Waals surface area contributed by atoms with Gasteiger partial charge in [-0.3, -0.25) is 4.79 Å². The molecule has 2 aromatic rings. The first-order chi connectivity index (χ1) is 8.59. The Bertz CT molecular complexity index is 562. The quantitative estimate of drug-likeness (QED) is 0.867. The third-order valence-electron chi connectivity index (χ3n) is 2.82. The lowest BCUT2D eigenvalue weighted by atomic mass is 10.2. The molecule has 0 atom stereocenters. The molecule has 1 aromatic heterocycles. The number of carbonyl (C=O) groups is 1. The summed E-state index contributed by atoms with van der Waals surface area (Å²) in [6.45, 7) is 2.44. The van der Waals surface area contributed by atoms with Crippen LogP contribution in [0.1, 0.15) is 21.7 Å². The van der Waals surface area contributed by atoms with Crippen molar-refractivity contribution in [2.75, 3.05) is 7.05 Å². The second kappa shape index (κ2) is 5.40. The molecule has 0 aliphatic carbocycles. The molecule has 0 fully saturated rings. The van der Waals surface area contributed by atoms with Gasteiger partial charge in [0.2, 0.25) is 0 Å². The number of rotatable bonds is 3. The molecule has 0 unspecified atom stereocenters. The molecule has 3 nitrogen and oxygen atoms in total. The fraction of sp³-hybridized carbons (Fsp3) is 0.214. The normalized spacial score (nSPS) is 10.4. The van der Waals surface area contributed by atoms with Gasteiger partial charge in [0.05, 0.1) is 11.8 Å². The van der Waals surface area contributed by atoms with Crippen molar-refractivity contribution >= 4 is 21.8 Å². The average molecular weight is 308 g/mol. The highest BCUT2D eigenvalue weighted by Crippen LogP contribution is 2.19. The van der Waals surface area contributed by atoms with Crippen LogP contribution in [0.15, 0.2) is 45.5 Å². The Morgan fingerprint density at radius 2 is 2.06 bits per heavy atom. The van der Waals surface area contributed by atoms with Gasteiger partial charge < -0.3 is 9.32 Å². The van der Waals surface area contributed by atoms with Crippen molar-refractivity contribution in [2.45, 2.75) is 13.5 Å². The predicted molar refractivity (Wildman–Crippen MR) is 73.4 cm³/mol. The lowest BCUT2D eigenvalue weighted by Gasteiger charge is -2.17.